The number of aryl methyl sites for hydroxylation is 2. The smallest absolute Gasteiger partial charge is 0.211 e. The molecule has 0 aliphatic heterocycles. The molecule has 0 radical (unpaired) electrons. The van der Waals surface area contributed by atoms with Gasteiger partial charge in [0.15, 0.2) is 0 Å². The molecule has 1 heterocycles. The van der Waals surface area contributed by atoms with Gasteiger partial charge in [-0.2, -0.15) is 0 Å². The molecule has 3 rings (SSSR count). The van der Waals surface area contributed by atoms with Crippen molar-refractivity contribution in [3.05, 3.63) is 64.4 Å². The van der Waals surface area contributed by atoms with Crippen molar-refractivity contribution in [2.24, 2.45) is 0 Å². The van der Waals surface area contributed by atoms with Gasteiger partial charge in [0.25, 0.3) is 0 Å². The number of ether oxygens (including phenoxy) is 1. The van der Waals surface area contributed by atoms with Gasteiger partial charge in [-0.05, 0) is 50.6 Å². The number of unbranched alkanes of at least 4 members (excludes halogenated alkanes) is 1. The van der Waals surface area contributed by atoms with Crippen LogP contribution in [0.25, 0.3) is 10.9 Å². The number of fused-ring (bicyclic) bond motifs is 1. The van der Waals surface area contributed by atoms with E-state index in [1.165, 1.54) is 6.20 Å². The Hall–Kier alpha value is -2.60. The molecule has 0 fully saturated rings. The summed E-state index contributed by atoms with van der Waals surface area (Å²) >= 11 is 0. The molecule has 28 heavy (non-hydrogen) atoms. The Labute approximate surface area is 165 Å². The van der Waals surface area contributed by atoms with Crippen molar-refractivity contribution >= 4 is 20.7 Å². The molecule has 0 unspecified atom stereocenters. The molecule has 0 aliphatic carbocycles. The lowest BCUT2D eigenvalue weighted by Crippen LogP contribution is -2.19. The van der Waals surface area contributed by atoms with E-state index in [1.807, 2.05) is 30.5 Å². The fourth-order valence-corrected chi connectivity index (χ4v) is 4.52. The first kappa shape index (κ1) is 20.1. The van der Waals surface area contributed by atoms with Crippen LogP contribution in [0.2, 0.25) is 0 Å². The standard InChI is InChI=1S/C22H25NO4S/c1-4-6-13-23-15-21(28(25,26)18-10-7-16(3)8-11-18)22(24)19-14-17(27-5-2)9-12-20(19)23/h7-12,14-15H,4-6,13H2,1-3H3. The molecule has 1 aromatic heterocycles. The highest BCUT2D eigenvalue weighted by Crippen LogP contribution is 2.24. The summed E-state index contributed by atoms with van der Waals surface area (Å²) in [4.78, 5) is 13.1. The van der Waals surface area contributed by atoms with Crippen molar-refractivity contribution in [3.63, 3.8) is 0 Å². The summed E-state index contributed by atoms with van der Waals surface area (Å²) < 4.78 is 33.8. The average molecular weight is 400 g/mol. The van der Waals surface area contributed by atoms with Crippen LogP contribution in [0.3, 0.4) is 0 Å². The number of sulfone groups is 1. The largest absolute Gasteiger partial charge is 0.494 e. The van der Waals surface area contributed by atoms with Crippen molar-refractivity contribution in [1.82, 2.24) is 4.57 Å². The molecule has 0 aliphatic rings. The first-order valence-electron chi connectivity index (χ1n) is 9.50. The normalized spacial score (nSPS) is 11.7. The van der Waals surface area contributed by atoms with Crippen LogP contribution in [0.1, 0.15) is 32.3 Å². The second kappa shape index (κ2) is 8.19. The Morgan fingerprint density at radius 1 is 1.04 bits per heavy atom. The van der Waals surface area contributed by atoms with Gasteiger partial charge < -0.3 is 9.30 Å². The maximum absolute atomic E-state index is 13.2. The molecule has 0 atom stereocenters. The lowest BCUT2D eigenvalue weighted by Gasteiger charge is -2.15. The van der Waals surface area contributed by atoms with E-state index in [0.29, 0.717) is 29.8 Å². The Morgan fingerprint density at radius 2 is 1.75 bits per heavy atom. The van der Waals surface area contributed by atoms with E-state index in [4.69, 9.17) is 4.74 Å². The molecule has 0 bridgehead atoms. The Kier molecular flexibility index (Phi) is 5.89. The zero-order valence-corrected chi connectivity index (χ0v) is 17.3. The Bertz CT molecular complexity index is 1150. The number of pyridine rings is 1. The van der Waals surface area contributed by atoms with Gasteiger partial charge in [-0.25, -0.2) is 8.42 Å². The number of hydrogen-bond donors (Lipinski definition) is 0. The van der Waals surface area contributed by atoms with Crippen LogP contribution in [0.5, 0.6) is 5.75 Å². The van der Waals surface area contributed by atoms with Crippen LogP contribution in [-0.4, -0.2) is 19.6 Å². The van der Waals surface area contributed by atoms with Crippen LogP contribution in [0.15, 0.2) is 63.2 Å². The fraction of sp³-hybridized carbons (Fsp3) is 0.318. The molecule has 3 aromatic rings. The summed E-state index contributed by atoms with van der Waals surface area (Å²) in [5.74, 6) is 0.555. The molecular weight excluding hydrogens is 374 g/mol. The summed E-state index contributed by atoms with van der Waals surface area (Å²) in [6.45, 7) is 6.93. The molecule has 5 nitrogen and oxygen atoms in total. The van der Waals surface area contributed by atoms with Crippen LogP contribution in [0.4, 0.5) is 0 Å². The molecule has 0 saturated carbocycles. The quantitative estimate of drug-likeness (QED) is 0.593. The number of rotatable bonds is 7. The zero-order chi connectivity index (χ0) is 20.3. The number of benzene rings is 2. The van der Waals surface area contributed by atoms with Crippen molar-refractivity contribution in [3.8, 4) is 5.75 Å². The molecule has 0 amide bonds. The summed E-state index contributed by atoms with van der Waals surface area (Å²) in [6, 6.07) is 11.8. The van der Waals surface area contributed by atoms with E-state index in [1.54, 1.807) is 30.3 Å². The van der Waals surface area contributed by atoms with Crippen LogP contribution in [0, 0.1) is 6.92 Å². The van der Waals surface area contributed by atoms with E-state index in [9.17, 15) is 13.2 Å². The van der Waals surface area contributed by atoms with Crippen LogP contribution >= 0.6 is 0 Å². The third-order valence-electron chi connectivity index (χ3n) is 4.70. The van der Waals surface area contributed by atoms with Gasteiger partial charge in [0.2, 0.25) is 15.3 Å². The second-order valence-corrected chi connectivity index (χ2v) is 8.72. The highest BCUT2D eigenvalue weighted by atomic mass is 32.2. The summed E-state index contributed by atoms with van der Waals surface area (Å²) in [5.41, 5.74) is 1.17. The van der Waals surface area contributed by atoms with Gasteiger partial charge in [0.1, 0.15) is 10.6 Å². The van der Waals surface area contributed by atoms with Gasteiger partial charge in [-0.3, -0.25) is 4.79 Å². The minimum atomic E-state index is -3.92. The van der Waals surface area contributed by atoms with E-state index in [-0.39, 0.29) is 9.79 Å². The minimum Gasteiger partial charge on any atom is -0.494 e. The molecule has 0 spiro atoms. The van der Waals surface area contributed by atoms with E-state index in [2.05, 4.69) is 6.92 Å². The molecule has 2 aromatic carbocycles. The number of aromatic nitrogens is 1. The van der Waals surface area contributed by atoms with Gasteiger partial charge in [-0.15, -0.1) is 0 Å². The Balaban J connectivity index is 2.27. The summed E-state index contributed by atoms with van der Waals surface area (Å²) in [7, 11) is -3.92. The minimum absolute atomic E-state index is 0.123. The van der Waals surface area contributed by atoms with Crippen molar-refractivity contribution in [2.45, 2.75) is 49.9 Å². The second-order valence-electron chi connectivity index (χ2n) is 6.80. The van der Waals surface area contributed by atoms with Crippen molar-refractivity contribution in [2.75, 3.05) is 6.61 Å². The molecule has 0 saturated heterocycles. The maximum Gasteiger partial charge on any atom is 0.211 e. The predicted octanol–water partition coefficient (Wildman–Crippen LogP) is 4.34. The van der Waals surface area contributed by atoms with Crippen LogP contribution < -0.4 is 10.2 Å². The maximum atomic E-state index is 13.2. The van der Waals surface area contributed by atoms with E-state index < -0.39 is 15.3 Å². The lowest BCUT2D eigenvalue weighted by atomic mass is 10.2. The molecule has 148 valence electrons. The summed E-state index contributed by atoms with van der Waals surface area (Å²) in [6.07, 6.45) is 3.33. The zero-order valence-electron chi connectivity index (χ0n) is 16.4. The SMILES string of the molecule is CCCCn1cc(S(=O)(=O)c2ccc(C)cc2)c(=O)c2cc(OCC)ccc21. The predicted molar refractivity (Wildman–Crippen MR) is 111 cm³/mol. The third kappa shape index (κ3) is 3.83. The van der Waals surface area contributed by atoms with Crippen molar-refractivity contribution in [1.29, 1.82) is 0 Å². The third-order valence-corrected chi connectivity index (χ3v) is 6.47. The fourth-order valence-electron chi connectivity index (χ4n) is 3.16. The van der Waals surface area contributed by atoms with Gasteiger partial charge >= 0.3 is 0 Å². The molecule has 6 heteroatoms. The topological polar surface area (TPSA) is 65.4 Å². The monoisotopic (exact) mass is 399 g/mol. The van der Waals surface area contributed by atoms with Crippen molar-refractivity contribution < 1.29 is 13.2 Å². The first-order chi connectivity index (χ1) is 13.4. The van der Waals surface area contributed by atoms with Gasteiger partial charge in [0.05, 0.1) is 22.4 Å². The highest BCUT2D eigenvalue weighted by Gasteiger charge is 2.24. The highest BCUT2D eigenvalue weighted by molar-refractivity contribution is 7.91. The molecular formula is C22H25NO4S. The Morgan fingerprint density at radius 3 is 2.39 bits per heavy atom. The summed E-state index contributed by atoms with van der Waals surface area (Å²) in [5, 5.41) is 0.357. The number of hydrogen-bond acceptors (Lipinski definition) is 4. The average Bonchev–Trinajstić information content (AvgIpc) is 2.68. The number of nitrogens with zero attached hydrogens (tertiary/aromatic N) is 1. The van der Waals surface area contributed by atoms with Crippen LogP contribution in [-0.2, 0) is 16.4 Å². The lowest BCUT2D eigenvalue weighted by molar-refractivity contribution is 0.340. The van der Waals surface area contributed by atoms with Gasteiger partial charge in [-0.1, -0.05) is 31.0 Å². The molecule has 0 N–H and O–H groups in total. The van der Waals surface area contributed by atoms with E-state index in [0.717, 1.165) is 18.4 Å². The first-order valence-corrected chi connectivity index (χ1v) is 11.0. The van der Waals surface area contributed by atoms with E-state index >= 15 is 0 Å². The van der Waals surface area contributed by atoms with Gasteiger partial charge in [0, 0.05) is 12.7 Å².